The summed E-state index contributed by atoms with van der Waals surface area (Å²) in [5.41, 5.74) is 0.921. The molecule has 0 spiro atoms. The van der Waals surface area contributed by atoms with E-state index in [-0.39, 0.29) is 24.5 Å². The average molecular weight is 325 g/mol. The van der Waals surface area contributed by atoms with Gasteiger partial charge in [0.2, 0.25) is 0 Å². The van der Waals surface area contributed by atoms with Crippen LogP contribution in [0.5, 0.6) is 0 Å². The topological polar surface area (TPSA) is 76.5 Å². The Morgan fingerprint density at radius 2 is 2.12 bits per heavy atom. The highest BCUT2D eigenvalue weighted by Crippen LogP contribution is 2.21. The van der Waals surface area contributed by atoms with E-state index >= 15 is 0 Å². The summed E-state index contributed by atoms with van der Waals surface area (Å²) in [5.74, 6) is -0.472. The maximum atomic E-state index is 12.4. The minimum atomic E-state index is -1.60. The number of hydrogen-bond acceptors (Lipinski definition) is 4. The second kappa shape index (κ2) is 6.77. The number of benzene rings is 1. The van der Waals surface area contributed by atoms with Gasteiger partial charge in [0, 0.05) is 12.6 Å². The predicted molar refractivity (Wildman–Crippen MR) is 89.0 cm³/mol. The van der Waals surface area contributed by atoms with Crippen molar-refractivity contribution in [1.82, 2.24) is 9.78 Å². The fourth-order valence-electron chi connectivity index (χ4n) is 2.36. The molecule has 0 radical (unpaired) electrons. The molecule has 1 aromatic heterocycles. The summed E-state index contributed by atoms with van der Waals surface area (Å²) in [6.07, 6.45) is 2.99. The molecule has 0 aliphatic carbocycles. The smallest absolute Gasteiger partial charge is 0.190 e. The Balaban J connectivity index is 2.10. The van der Waals surface area contributed by atoms with Crippen molar-refractivity contribution >= 4 is 17.3 Å². The maximum absolute atomic E-state index is 12.4. The summed E-state index contributed by atoms with van der Waals surface area (Å²) in [6, 6.07) is 5.17. The average Bonchev–Trinajstić information content (AvgIpc) is 2.95. The van der Waals surface area contributed by atoms with Gasteiger partial charge in [-0.05, 0) is 31.9 Å². The third-order valence-corrected chi connectivity index (χ3v) is 3.86. The summed E-state index contributed by atoms with van der Waals surface area (Å²) in [6.45, 7) is 11.7. The van der Waals surface area contributed by atoms with E-state index in [0.29, 0.717) is 11.3 Å². The zero-order valence-corrected chi connectivity index (χ0v) is 13.9. The third-order valence-electron chi connectivity index (χ3n) is 3.86. The molecule has 1 atom stereocenters. The number of carbonyl (C=O) groups is 2. The van der Waals surface area contributed by atoms with Crippen LogP contribution in [0.2, 0.25) is 0 Å². The van der Waals surface area contributed by atoms with Crippen molar-refractivity contribution in [2.45, 2.75) is 39.3 Å². The minimum absolute atomic E-state index is 0.0295. The van der Waals surface area contributed by atoms with Crippen LogP contribution in [-0.2, 0) is 17.8 Å². The first kappa shape index (κ1) is 17.6. The molecule has 0 saturated heterocycles. The highest BCUT2D eigenvalue weighted by Gasteiger charge is 2.31. The summed E-state index contributed by atoms with van der Waals surface area (Å²) in [7, 11) is 0. The molecule has 1 N–H and O–H groups in total. The number of ketones is 2. The van der Waals surface area contributed by atoms with Crippen LogP contribution < -0.4 is 0 Å². The van der Waals surface area contributed by atoms with E-state index < -0.39 is 5.60 Å². The Labute approximate surface area is 140 Å². The van der Waals surface area contributed by atoms with Crippen LogP contribution in [0.25, 0.3) is 4.85 Å². The van der Waals surface area contributed by atoms with Crippen molar-refractivity contribution in [2.24, 2.45) is 0 Å². The molecule has 0 saturated carbocycles. The molecule has 1 heterocycles. The first-order valence-electron chi connectivity index (χ1n) is 7.49. The molecule has 0 unspecified atom stereocenters. The first-order valence-corrected chi connectivity index (χ1v) is 7.49. The van der Waals surface area contributed by atoms with Crippen molar-refractivity contribution in [3.05, 3.63) is 58.7 Å². The van der Waals surface area contributed by atoms with Crippen LogP contribution in [-0.4, -0.2) is 32.1 Å². The standard InChI is InChI=1S/C18H19N3O3/c1-12-7-14(5-6-16(12)19-4)8-17(23)18(3,24)11-21-10-15(9-20-21)13(2)22/h5-7,9-10,24H,8,11H2,1-3H3/t18-/m0/s1. The van der Waals surface area contributed by atoms with Crippen LogP contribution in [0, 0.1) is 13.5 Å². The maximum Gasteiger partial charge on any atom is 0.190 e. The van der Waals surface area contributed by atoms with Gasteiger partial charge in [-0.2, -0.15) is 5.10 Å². The normalized spacial score (nSPS) is 13.1. The zero-order chi connectivity index (χ0) is 17.9. The number of aliphatic hydroxyl groups is 1. The molecule has 1 aromatic carbocycles. The molecule has 24 heavy (non-hydrogen) atoms. The highest BCUT2D eigenvalue weighted by atomic mass is 16.3. The summed E-state index contributed by atoms with van der Waals surface area (Å²) >= 11 is 0. The van der Waals surface area contributed by atoms with Gasteiger partial charge >= 0.3 is 0 Å². The molecule has 6 heteroatoms. The van der Waals surface area contributed by atoms with Gasteiger partial charge in [0.05, 0.1) is 24.9 Å². The highest BCUT2D eigenvalue weighted by molar-refractivity contribution is 5.93. The molecule has 6 nitrogen and oxygen atoms in total. The van der Waals surface area contributed by atoms with Gasteiger partial charge in [-0.15, -0.1) is 0 Å². The second-order valence-corrected chi connectivity index (χ2v) is 6.09. The molecule has 124 valence electrons. The van der Waals surface area contributed by atoms with E-state index in [9.17, 15) is 14.7 Å². The largest absolute Gasteiger partial charge is 0.380 e. The molecule has 2 aromatic rings. The Hall–Kier alpha value is -2.78. The molecular weight excluding hydrogens is 306 g/mol. The van der Waals surface area contributed by atoms with Gasteiger partial charge in [-0.1, -0.05) is 18.2 Å². The van der Waals surface area contributed by atoms with Gasteiger partial charge in [-0.3, -0.25) is 14.3 Å². The van der Waals surface area contributed by atoms with E-state index in [1.165, 1.54) is 30.9 Å². The Morgan fingerprint density at radius 1 is 1.42 bits per heavy atom. The van der Waals surface area contributed by atoms with Gasteiger partial charge in [0.15, 0.2) is 17.3 Å². The Morgan fingerprint density at radius 3 is 2.67 bits per heavy atom. The SMILES string of the molecule is [C-]#[N+]c1ccc(CC(=O)[C@@](C)(O)Cn2cc(C(C)=O)cn2)cc1C. The van der Waals surface area contributed by atoms with Gasteiger partial charge < -0.3 is 5.11 Å². The molecule has 0 fully saturated rings. The Bertz CT molecular complexity index is 828. The van der Waals surface area contributed by atoms with E-state index in [1.807, 2.05) is 6.92 Å². The lowest BCUT2D eigenvalue weighted by Crippen LogP contribution is -2.40. The number of nitrogens with zero attached hydrogens (tertiary/aromatic N) is 3. The molecule has 0 aliphatic heterocycles. The van der Waals surface area contributed by atoms with Crippen LogP contribution in [0.1, 0.15) is 35.3 Å². The summed E-state index contributed by atoms with van der Waals surface area (Å²) in [4.78, 5) is 27.1. The lowest BCUT2D eigenvalue weighted by molar-refractivity contribution is -0.136. The first-order chi connectivity index (χ1) is 11.2. The summed E-state index contributed by atoms with van der Waals surface area (Å²) in [5, 5.41) is 14.5. The molecule has 0 bridgehead atoms. The molecule has 0 amide bonds. The van der Waals surface area contributed by atoms with Crippen molar-refractivity contribution in [2.75, 3.05) is 0 Å². The number of Topliss-reactive ketones (excluding diaryl/α,β-unsaturated/α-hetero) is 2. The van der Waals surface area contributed by atoms with Crippen molar-refractivity contribution in [3.8, 4) is 0 Å². The van der Waals surface area contributed by atoms with E-state index in [1.54, 1.807) is 18.2 Å². The van der Waals surface area contributed by atoms with E-state index in [2.05, 4.69) is 9.94 Å². The summed E-state index contributed by atoms with van der Waals surface area (Å²) < 4.78 is 1.39. The fourth-order valence-corrected chi connectivity index (χ4v) is 2.36. The third kappa shape index (κ3) is 3.94. The quantitative estimate of drug-likeness (QED) is 0.654. The number of rotatable bonds is 6. The fraction of sp³-hybridized carbons (Fsp3) is 0.333. The van der Waals surface area contributed by atoms with Crippen LogP contribution >= 0.6 is 0 Å². The number of aryl methyl sites for hydroxylation is 1. The van der Waals surface area contributed by atoms with Crippen molar-refractivity contribution in [3.63, 3.8) is 0 Å². The zero-order valence-electron chi connectivity index (χ0n) is 13.9. The van der Waals surface area contributed by atoms with Gasteiger partial charge in [0.25, 0.3) is 0 Å². The lowest BCUT2D eigenvalue weighted by Gasteiger charge is -2.22. The van der Waals surface area contributed by atoms with Crippen LogP contribution in [0.4, 0.5) is 5.69 Å². The van der Waals surface area contributed by atoms with Crippen molar-refractivity contribution in [1.29, 1.82) is 0 Å². The van der Waals surface area contributed by atoms with E-state index in [4.69, 9.17) is 6.57 Å². The van der Waals surface area contributed by atoms with Crippen LogP contribution in [0.15, 0.2) is 30.6 Å². The van der Waals surface area contributed by atoms with Crippen molar-refractivity contribution < 1.29 is 14.7 Å². The van der Waals surface area contributed by atoms with Gasteiger partial charge in [0.1, 0.15) is 5.60 Å². The van der Waals surface area contributed by atoms with Gasteiger partial charge in [-0.25, -0.2) is 4.85 Å². The number of aromatic nitrogens is 2. The Kier molecular flexibility index (Phi) is 4.96. The molecule has 2 rings (SSSR count). The predicted octanol–water partition coefficient (Wildman–Crippen LogP) is 2.51. The number of carbonyl (C=O) groups excluding carboxylic acids is 2. The lowest BCUT2D eigenvalue weighted by atomic mass is 9.94. The van der Waals surface area contributed by atoms with Crippen LogP contribution in [0.3, 0.4) is 0 Å². The minimum Gasteiger partial charge on any atom is -0.380 e. The monoisotopic (exact) mass is 325 g/mol. The molecule has 0 aliphatic rings. The number of hydrogen-bond donors (Lipinski definition) is 1. The molecular formula is C18H19N3O3. The second-order valence-electron chi connectivity index (χ2n) is 6.09. The van der Waals surface area contributed by atoms with E-state index in [0.717, 1.165) is 11.1 Å².